The summed E-state index contributed by atoms with van der Waals surface area (Å²) in [6.07, 6.45) is -3.33. The molecule has 3 aromatic rings. The van der Waals surface area contributed by atoms with Gasteiger partial charge in [-0.15, -0.1) is 0 Å². The summed E-state index contributed by atoms with van der Waals surface area (Å²) >= 11 is 11.5. The van der Waals surface area contributed by atoms with E-state index in [0.717, 1.165) is 18.2 Å². The van der Waals surface area contributed by atoms with Gasteiger partial charge >= 0.3 is 12.2 Å². The fourth-order valence-corrected chi connectivity index (χ4v) is 4.26. The minimum atomic E-state index is -4.80. The molecule has 0 bridgehead atoms. The Morgan fingerprint density at radius 1 is 1.13 bits per heavy atom. The molecule has 15 heteroatoms. The van der Waals surface area contributed by atoms with Crippen molar-refractivity contribution in [3.8, 4) is 5.69 Å². The van der Waals surface area contributed by atoms with Gasteiger partial charge in [0.25, 0.3) is 5.56 Å². The number of amides is 3. The molecule has 2 aromatic heterocycles. The molecule has 3 amide bonds. The number of aromatic nitrogens is 2. The van der Waals surface area contributed by atoms with Crippen molar-refractivity contribution in [3.63, 3.8) is 0 Å². The number of rotatable bonds is 5. The zero-order valence-corrected chi connectivity index (χ0v) is 21.4. The summed E-state index contributed by atoms with van der Waals surface area (Å²) in [4.78, 5) is 43.4. The molecule has 3 heterocycles. The fourth-order valence-electron chi connectivity index (χ4n) is 3.94. The van der Waals surface area contributed by atoms with E-state index in [0.29, 0.717) is 21.9 Å². The maximum absolute atomic E-state index is 14.9. The number of benzene rings is 1. The topological polar surface area (TPSA) is 106 Å². The Kier molecular flexibility index (Phi) is 8.14. The second-order valence-electron chi connectivity index (χ2n) is 8.46. The Hall–Kier alpha value is -3.68. The van der Waals surface area contributed by atoms with Crippen molar-refractivity contribution in [3.05, 3.63) is 80.6 Å². The molecule has 0 aliphatic carbocycles. The van der Waals surface area contributed by atoms with Crippen molar-refractivity contribution >= 4 is 46.6 Å². The maximum atomic E-state index is 14.9. The van der Waals surface area contributed by atoms with Gasteiger partial charge in [0.2, 0.25) is 5.91 Å². The van der Waals surface area contributed by atoms with Crippen molar-refractivity contribution < 1.29 is 31.9 Å². The molecule has 1 saturated heterocycles. The van der Waals surface area contributed by atoms with Gasteiger partial charge in [-0.05, 0) is 30.3 Å². The standard InChI is InChI=1S/C24H19Cl2F4N5O4/c1-39-15-8-19(35(11-15)23(38)33-20-5-2-13(25)9-31-20)21(36)32-18-4-3-14(7-17(18)27)34-10-12(24(28,29)30)6-16(26)22(34)37/h2-7,9-10,15,19H,8,11H2,1H3,(H,32,36)(H,31,33,38)/t15-,19-/m1/s1. The number of hydrogen-bond donors (Lipinski definition) is 2. The molecule has 0 spiro atoms. The van der Waals surface area contributed by atoms with E-state index < -0.39 is 52.2 Å². The first-order chi connectivity index (χ1) is 18.4. The quantitative estimate of drug-likeness (QED) is 0.411. The predicted octanol–water partition coefficient (Wildman–Crippen LogP) is 4.96. The van der Waals surface area contributed by atoms with Crippen LogP contribution in [0.25, 0.3) is 5.69 Å². The third kappa shape index (κ3) is 6.32. The van der Waals surface area contributed by atoms with E-state index in [1.165, 1.54) is 30.3 Å². The molecular formula is C24H19Cl2F4N5O4. The van der Waals surface area contributed by atoms with Gasteiger partial charge in [0, 0.05) is 38.5 Å². The lowest BCUT2D eigenvalue weighted by Gasteiger charge is -2.24. The van der Waals surface area contributed by atoms with Crippen LogP contribution in [0.4, 0.5) is 33.9 Å². The smallest absolute Gasteiger partial charge is 0.380 e. The lowest BCUT2D eigenvalue weighted by molar-refractivity contribution is -0.138. The number of alkyl halides is 3. The zero-order chi connectivity index (χ0) is 28.5. The number of urea groups is 1. The van der Waals surface area contributed by atoms with Crippen LogP contribution in [0.5, 0.6) is 0 Å². The van der Waals surface area contributed by atoms with Crippen molar-refractivity contribution in [1.29, 1.82) is 0 Å². The third-order valence-corrected chi connectivity index (χ3v) is 6.41. The Morgan fingerprint density at radius 3 is 2.49 bits per heavy atom. The van der Waals surface area contributed by atoms with Gasteiger partial charge in [0.15, 0.2) is 0 Å². The monoisotopic (exact) mass is 587 g/mol. The van der Waals surface area contributed by atoms with Crippen LogP contribution in [0.15, 0.2) is 53.6 Å². The van der Waals surface area contributed by atoms with Gasteiger partial charge in [-0.25, -0.2) is 14.2 Å². The van der Waals surface area contributed by atoms with E-state index in [1.54, 1.807) is 0 Å². The Bertz CT molecular complexity index is 1470. The van der Waals surface area contributed by atoms with Gasteiger partial charge < -0.3 is 15.0 Å². The number of halogens is 6. The summed E-state index contributed by atoms with van der Waals surface area (Å²) in [5.41, 5.74) is -2.77. The molecular weight excluding hydrogens is 569 g/mol. The summed E-state index contributed by atoms with van der Waals surface area (Å²) < 4.78 is 60.3. The minimum absolute atomic E-state index is 0.0641. The number of likely N-dealkylation sites (tertiary alicyclic amines) is 1. The van der Waals surface area contributed by atoms with Crippen molar-refractivity contribution in [2.24, 2.45) is 0 Å². The minimum Gasteiger partial charge on any atom is -0.380 e. The average Bonchev–Trinajstić information content (AvgIpc) is 3.32. The number of anilines is 2. The van der Waals surface area contributed by atoms with Crippen LogP contribution >= 0.6 is 23.2 Å². The Labute approximate surface area is 228 Å². The average molecular weight is 588 g/mol. The molecule has 1 fully saturated rings. The van der Waals surface area contributed by atoms with Gasteiger partial charge in [-0.2, -0.15) is 13.2 Å². The summed E-state index contributed by atoms with van der Waals surface area (Å²) in [5, 5.41) is 4.58. The number of pyridine rings is 2. The molecule has 9 nitrogen and oxygen atoms in total. The van der Waals surface area contributed by atoms with Crippen LogP contribution in [0, 0.1) is 5.82 Å². The molecule has 2 atom stereocenters. The normalized spacial score (nSPS) is 17.3. The van der Waals surface area contributed by atoms with Crippen LogP contribution < -0.4 is 16.2 Å². The summed E-state index contributed by atoms with van der Waals surface area (Å²) in [7, 11) is 1.42. The van der Waals surface area contributed by atoms with E-state index in [2.05, 4.69) is 15.6 Å². The highest BCUT2D eigenvalue weighted by Gasteiger charge is 2.40. The molecule has 206 valence electrons. The number of nitrogens with zero attached hydrogens (tertiary/aromatic N) is 3. The van der Waals surface area contributed by atoms with Crippen LogP contribution in [-0.4, -0.2) is 52.2 Å². The Balaban J connectivity index is 1.54. The first kappa shape index (κ1) is 28.3. The number of nitrogens with one attached hydrogen (secondary N) is 2. The van der Waals surface area contributed by atoms with E-state index >= 15 is 0 Å². The molecule has 1 aromatic carbocycles. The Morgan fingerprint density at radius 2 is 1.87 bits per heavy atom. The van der Waals surface area contributed by atoms with E-state index in [9.17, 15) is 31.9 Å². The predicted molar refractivity (Wildman–Crippen MR) is 135 cm³/mol. The molecule has 0 unspecified atom stereocenters. The summed E-state index contributed by atoms with van der Waals surface area (Å²) in [5.74, 6) is -1.58. The van der Waals surface area contributed by atoms with Crippen LogP contribution in [-0.2, 0) is 15.7 Å². The fraction of sp³-hybridized carbons (Fsp3) is 0.250. The highest BCUT2D eigenvalue weighted by molar-refractivity contribution is 6.30. The van der Waals surface area contributed by atoms with Crippen molar-refractivity contribution in [1.82, 2.24) is 14.5 Å². The summed E-state index contributed by atoms with van der Waals surface area (Å²) in [6, 6.07) is 4.76. The largest absolute Gasteiger partial charge is 0.417 e. The van der Waals surface area contributed by atoms with Gasteiger partial charge in [0.1, 0.15) is 22.7 Å². The van der Waals surface area contributed by atoms with Gasteiger partial charge in [0.05, 0.1) is 28.1 Å². The highest BCUT2D eigenvalue weighted by atomic mass is 35.5. The molecule has 1 aliphatic heterocycles. The second-order valence-corrected chi connectivity index (χ2v) is 9.30. The van der Waals surface area contributed by atoms with E-state index in [1.807, 2.05) is 0 Å². The van der Waals surface area contributed by atoms with E-state index in [-0.39, 0.29) is 30.2 Å². The number of hydrogen-bond acceptors (Lipinski definition) is 5. The molecule has 4 rings (SSSR count). The molecule has 0 saturated carbocycles. The molecule has 0 radical (unpaired) electrons. The maximum Gasteiger partial charge on any atom is 0.417 e. The number of ether oxygens (including phenoxy) is 1. The van der Waals surface area contributed by atoms with Gasteiger partial charge in [-0.1, -0.05) is 23.2 Å². The highest BCUT2D eigenvalue weighted by Crippen LogP contribution is 2.31. The number of methoxy groups -OCH3 is 1. The molecule has 2 N–H and O–H groups in total. The molecule has 1 aliphatic rings. The lowest BCUT2D eigenvalue weighted by Crippen LogP contribution is -2.45. The first-order valence-electron chi connectivity index (χ1n) is 11.2. The second kappa shape index (κ2) is 11.2. The third-order valence-electron chi connectivity index (χ3n) is 5.91. The molecule has 39 heavy (non-hydrogen) atoms. The number of carbonyl (C=O) groups excluding carboxylic acids is 2. The summed E-state index contributed by atoms with van der Waals surface area (Å²) in [6.45, 7) is 0.0641. The van der Waals surface area contributed by atoms with Crippen molar-refractivity contribution in [2.75, 3.05) is 24.3 Å². The first-order valence-corrected chi connectivity index (χ1v) is 11.9. The SMILES string of the molecule is CO[C@@H]1C[C@H](C(=O)Nc2ccc(-n3cc(C(F)(F)F)cc(Cl)c3=O)cc2F)N(C(=O)Nc2ccc(Cl)cn2)C1. The number of carbonyl (C=O) groups is 2. The van der Waals surface area contributed by atoms with Crippen molar-refractivity contribution in [2.45, 2.75) is 24.7 Å². The van der Waals surface area contributed by atoms with Crippen LogP contribution in [0.1, 0.15) is 12.0 Å². The van der Waals surface area contributed by atoms with Crippen LogP contribution in [0.3, 0.4) is 0 Å². The van der Waals surface area contributed by atoms with Crippen LogP contribution in [0.2, 0.25) is 10.0 Å². The van der Waals surface area contributed by atoms with Gasteiger partial charge in [-0.3, -0.25) is 19.5 Å². The van der Waals surface area contributed by atoms with E-state index in [4.69, 9.17) is 27.9 Å². The zero-order valence-electron chi connectivity index (χ0n) is 19.9. The lowest BCUT2D eigenvalue weighted by atomic mass is 10.1.